The number of rotatable bonds is 6. The van der Waals surface area contributed by atoms with Crippen molar-refractivity contribution >= 4 is 0 Å². The maximum Gasteiger partial charge on any atom is 0.111 e. The molecule has 0 aliphatic heterocycles. The van der Waals surface area contributed by atoms with Gasteiger partial charge in [-0.25, -0.2) is 4.98 Å². The van der Waals surface area contributed by atoms with Gasteiger partial charge < -0.3 is 9.88 Å². The molecule has 0 amide bonds. The zero-order chi connectivity index (χ0) is 14.5. The van der Waals surface area contributed by atoms with Crippen LogP contribution in [0.25, 0.3) is 0 Å². The smallest absolute Gasteiger partial charge is 0.111 e. The topological polar surface area (TPSA) is 29.9 Å². The van der Waals surface area contributed by atoms with Crippen LogP contribution in [0, 0.1) is 11.8 Å². The van der Waals surface area contributed by atoms with E-state index in [0.717, 1.165) is 18.4 Å². The summed E-state index contributed by atoms with van der Waals surface area (Å²) >= 11 is 0. The molecule has 0 spiro atoms. The number of imidazole rings is 1. The quantitative estimate of drug-likeness (QED) is 0.859. The molecule has 114 valence electrons. The van der Waals surface area contributed by atoms with E-state index in [0.29, 0.717) is 12.0 Å². The lowest BCUT2D eigenvalue weighted by Crippen LogP contribution is -2.35. The second-order valence-electron chi connectivity index (χ2n) is 6.79. The molecule has 1 aliphatic carbocycles. The number of hydrogen-bond acceptors (Lipinski definition) is 2. The van der Waals surface area contributed by atoms with Gasteiger partial charge in [0.2, 0.25) is 0 Å². The van der Waals surface area contributed by atoms with Crippen LogP contribution < -0.4 is 5.32 Å². The molecule has 1 N–H and O–H groups in total. The molecular weight excluding hydrogens is 246 g/mol. The molecule has 3 heteroatoms. The Bertz CT molecular complexity index is 397. The van der Waals surface area contributed by atoms with Crippen LogP contribution in [-0.2, 0) is 7.05 Å². The van der Waals surface area contributed by atoms with E-state index in [9.17, 15) is 0 Å². The largest absolute Gasteiger partial charge is 0.338 e. The maximum absolute atomic E-state index is 4.65. The van der Waals surface area contributed by atoms with Crippen LogP contribution in [0.5, 0.6) is 0 Å². The molecule has 1 aliphatic rings. The molecule has 0 aromatic carbocycles. The van der Waals surface area contributed by atoms with E-state index < -0.39 is 0 Å². The number of aromatic nitrogens is 2. The minimum absolute atomic E-state index is 0.574. The van der Waals surface area contributed by atoms with Gasteiger partial charge in [0.1, 0.15) is 5.82 Å². The first kappa shape index (κ1) is 15.6. The van der Waals surface area contributed by atoms with Crippen LogP contribution in [0.3, 0.4) is 0 Å². The SMILES string of the molecule is CCCC1CCC(CNC(C)C)C(c2nccn2C)C1. The lowest BCUT2D eigenvalue weighted by molar-refractivity contribution is 0.209. The average Bonchev–Trinajstić information content (AvgIpc) is 2.83. The van der Waals surface area contributed by atoms with Gasteiger partial charge >= 0.3 is 0 Å². The monoisotopic (exact) mass is 277 g/mol. The Morgan fingerprint density at radius 3 is 2.80 bits per heavy atom. The van der Waals surface area contributed by atoms with Gasteiger partial charge in [-0.1, -0.05) is 40.0 Å². The summed E-state index contributed by atoms with van der Waals surface area (Å²) in [7, 11) is 2.14. The van der Waals surface area contributed by atoms with Crippen molar-refractivity contribution in [3.05, 3.63) is 18.2 Å². The summed E-state index contributed by atoms with van der Waals surface area (Å²) in [6.07, 6.45) is 10.8. The summed E-state index contributed by atoms with van der Waals surface area (Å²) in [5.74, 6) is 3.57. The molecule has 1 fully saturated rings. The summed E-state index contributed by atoms with van der Waals surface area (Å²) < 4.78 is 2.22. The van der Waals surface area contributed by atoms with Crippen LogP contribution in [-0.4, -0.2) is 22.1 Å². The van der Waals surface area contributed by atoms with Crippen LogP contribution in [0.15, 0.2) is 12.4 Å². The van der Waals surface area contributed by atoms with Crippen molar-refractivity contribution in [2.24, 2.45) is 18.9 Å². The van der Waals surface area contributed by atoms with Crippen molar-refractivity contribution in [3.63, 3.8) is 0 Å². The van der Waals surface area contributed by atoms with Gasteiger partial charge in [-0.3, -0.25) is 0 Å². The third kappa shape index (κ3) is 3.85. The minimum Gasteiger partial charge on any atom is -0.338 e. The number of hydrogen-bond donors (Lipinski definition) is 1. The molecule has 2 rings (SSSR count). The van der Waals surface area contributed by atoms with Gasteiger partial charge in [0.25, 0.3) is 0 Å². The fourth-order valence-electron chi connectivity index (χ4n) is 3.67. The van der Waals surface area contributed by atoms with E-state index in [4.69, 9.17) is 0 Å². The first-order chi connectivity index (χ1) is 9.61. The molecule has 0 bridgehead atoms. The fraction of sp³-hybridized carbons (Fsp3) is 0.824. The van der Waals surface area contributed by atoms with Gasteiger partial charge in [-0.05, 0) is 31.2 Å². The standard InChI is InChI=1S/C17H31N3/c1-5-6-14-7-8-15(12-19-13(2)3)16(11-14)17-18-9-10-20(17)4/h9-10,13-16,19H,5-8,11-12H2,1-4H3. The highest BCUT2D eigenvalue weighted by Crippen LogP contribution is 2.41. The van der Waals surface area contributed by atoms with Crippen molar-refractivity contribution in [3.8, 4) is 0 Å². The Kier molecular flexibility index (Phi) is 5.64. The highest BCUT2D eigenvalue weighted by molar-refractivity contribution is 5.05. The first-order valence-electron chi connectivity index (χ1n) is 8.32. The molecule has 1 aromatic rings. The third-order valence-electron chi connectivity index (χ3n) is 4.78. The molecule has 0 saturated heterocycles. The summed E-state index contributed by atoms with van der Waals surface area (Å²) in [5.41, 5.74) is 0. The summed E-state index contributed by atoms with van der Waals surface area (Å²) in [6.45, 7) is 7.91. The normalized spacial score (nSPS) is 27.1. The molecule has 1 saturated carbocycles. The Morgan fingerprint density at radius 2 is 2.20 bits per heavy atom. The molecule has 0 radical (unpaired) electrons. The zero-order valence-corrected chi connectivity index (χ0v) is 13.6. The molecule has 3 nitrogen and oxygen atoms in total. The lowest BCUT2D eigenvalue weighted by Gasteiger charge is -2.36. The number of nitrogens with one attached hydrogen (secondary N) is 1. The molecule has 3 unspecified atom stereocenters. The minimum atomic E-state index is 0.574. The van der Waals surface area contributed by atoms with E-state index >= 15 is 0 Å². The Labute approximate surface area is 124 Å². The molecule has 3 atom stereocenters. The number of nitrogens with zero attached hydrogens (tertiary/aromatic N) is 2. The summed E-state index contributed by atoms with van der Waals surface area (Å²) in [4.78, 5) is 4.65. The first-order valence-corrected chi connectivity index (χ1v) is 8.32. The Balaban J connectivity index is 2.08. The van der Waals surface area contributed by atoms with Crippen LogP contribution >= 0.6 is 0 Å². The van der Waals surface area contributed by atoms with Crippen molar-refractivity contribution in [1.82, 2.24) is 14.9 Å². The Hall–Kier alpha value is -0.830. The van der Waals surface area contributed by atoms with Crippen LogP contribution in [0.2, 0.25) is 0 Å². The third-order valence-corrected chi connectivity index (χ3v) is 4.78. The highest BCUT2D eigenvalue weighted by atomic mass is 15.0. The Morgan fingerprint density at radius 1 is 1.40 bits per heavy atom. The highest BCUT2D eigenvalue weighted by Gasteiger charge is 2.33. The predicted octanol–water partition coefficient (Wildman–Crippen LogP) is 3.72. The van der Waals surface area contributed by atoms with E-state index in [1.807, 2.05) is 6.20 Å². The number of aryl methyl sites for hydroxylation is 1. The van der Waals surface area contributed by atoms with Gasteiger partial charge in [0.15, 0.2) is 0 Å². The van der Waals surface area contributed by atoms with E-state index in [2.05, 4.69) is 48.9 Å². The van der Waals surface area contributed by atoms with Gasteiger partial charge in [0.05, 0.1) is 0 Å². The van der Waals surface area contributed by atoms with Crippen molar-refractivity contribution in [2.45, 2.75) is 64.8 Å². The maximum atomic E-state index is 4.65. The van der Waals surface area contributed by atoms with Gasteiger partial charge in [-0.2, -0.15) is 0 Å². The van der Waals surface area contributed by atoms with E-state index in [1.165, 1.54) is 37.9 Å². The van der Waals surface area contributed by atoms with Crippen molar-refractivity contribution < 1.29 is 0 Å². The predicted molar refractivity (Wildman–Crippen MR) is 84.8 cm³/mol. The van der Waals surface area contributed by atoms with Crippen molar-refractivity contribution in [2.75, 3.05) is 6.54 Å². The summed E-state index contributed by atoms with van der Waals surface area (Å²) in [6, 6.07) is 0.574. The van der Waals surface area contributed by atoms with E-state index in [-0.39, 0.29) is 0 Å². The van der Waals surface area contributed by atoms with Gasteiger partial charge in [-0.15, -0.1) is 0 Å². The molecule has 20 heavy (non-hydrogen) atoms. The molecule has 1 heterocycles. The lowest BCUT2D eigenvalue weighted by atomic mass is 9.72. The average molecular weight is 277 g/mol. The molecule has 1 aromatic heterocycles. The van der Waals surface area contributed by atoms with Crippen LogP contribution in [0.4, 0.5) is 0 Å². The molecular formula is C17H31N3. The summed E-state index contributed by atoms with van der Waals surface area (Å²) in [5, 5.41) is 3.64. The van der Waals surface area contributed by atoms with Crippen LogP contribution in [0.1, 0.15) is 64.6 Å². The zero-order valence-electron chi connectivity index (χ0n) is 13.6. The van der Waals surface area contributed by atoms with Crippen molar-refractivity contribution in [1.29, 1.82) is 0 Å². The van der Waals surface area contributed by atoms with Gasteiger partial charge in [0, 0.05) is 31.4 Å². The second kappa shape index (κ2) is 7.26. The second-order valence-corrected chi connectivity index (χ2v) is 6.79. The fourth-order valence-corrected chi connectivity index (χ4v) is 3.67. The van der Waals surface area contributed by atoms with E-state index in [1.54, 1.807) is 0 Å².